The molecule has 0 atom stereocenters. The number of H-pyrrole nitrogens is 1. The maximum Gasteiger partial charge on any atom is 0.273 e. The minimum absolute atomic E-state index is 0.242. The summed E-state index contributed by atoms with van der Waals surface area (Å²) in [6, 6.07) is 11.4. The van der Waals surface area contributed by atoms with Crippen LogP contribution in [-0.4, -0.2) is 25.9 Å². The largest absolute Gasteiger partial charge is 0.367 e. The topological polar surface area (TPSA) is 75.6 Å². The van der Waals surface area contributed by atoms with E-state index in [-0.39, 0.29) is 5.91 Å². The molecule has 100 valence electrons. The number of benzene rings is 1. The van der Waals surface area contributed by atoms with E-state index < -0.39 is 0 Å². The van der Waals surface area contributed by atoms with Crippen LogP contribution in [0.2, 0.25) is 0 Å². The molecule has 0 aliphatic carbocycles. The molecule has 0 spiro atoms. The van der Waals surface area contributed by atoms with Gasteiger partial charge in [0.2, 0.25) is 0 Å². The van der Waals surface area contributed by atoms with Crippen LogP contribution in [0.5, 0.6) is 0 Å². The van der Waals surface area contributed by atoms with Gasteiger partial charge in [-0.25, -0.2) is 4.68 Å². The highest BCUT2D eigenvalue weighted by atomic mass is 16.2. The number of nitrogens with one attached hydrogen (secondary N) is 2. The van der Waals surface area contributed by atoms with Gasteiger partial charge in [0.1, 0.15) is 0 Å². The van der Waals surface area contributed by atoms with Gasteiger partial charge in [0.15, 0.2) is 5.69 Å². The molecule has 0 saturated heterocycles. The van der Waals surface area contributed by atoms with Crippen LogP contribution in [0.1, 0.15) is 16.1 Å². The van der Waals surface area contributed by atoms with Gasteiger partial charge in [-0.2, -0.15) is 0 Å². The molecule has 3 rings (SSSR count). The predicted molar refractivity (Wildman–Crippen MR) is 73.3 cm³/mol. The van der Waals surface area contributed by atoms with E-state index in [9.17, 15) is 4.79 Å². The van der Waals surface area contributed by atoms with Crippen molar-refractivity contribution in [1.82, 2.24) is 25.3 Å². The maximum absolute atomic E-state index is 11.9. The number of carbonyl (C=O) groups is 1. The molecule has 2 heterocycles. The number of carbonyl (C=O) groups excluding carboxylic acids is 1. The maximum atomic E-state index is 11.9. The number of para-hydroxylation sites is 1. The first kappa shape index (κ1) is 12.2. The second-order valence-electron chi connectivity index (χ2n) is 4.29. The molecule has 3 aromatic rings. The van der Waals surface area contributed by atoms with Gasteiger partial charge >= 0.3 is 0 Å². The number of hydrogen-bond acceptors (Lipinski definition) is 3. The van der Waals surface area contributed by atoms with Crippen LogP contribution in [0.25, 0.3) is 5.69 Å². The van der Waals surface area contributed by atoms with Crippen LogP contribution >= 0.6 is 0 Å². The molecule has 20 heavy (non-hydrogen) atoms. The van der Waals surface area contributed by atoms with Crippen molar-refractivity contribution in [3.05, 3.63) is 66.2 Å². The monoisotopic (exact) mass is 267 g/mol. The van der Waals surface area contributed by atoms with Crippen molar-refractivity contribution in [1.29, 1.82) is 0 Å². The molecule has 2 N–H and O–H groups in total. The van der Waals surface area contributed by atoms with Crippen LogP contribution in [0.15, 0.2) is 55.0 Å². The van der Waals surface area contributed by atoms with Gasteiger partial charge in [-0.1, -0.05) is 23.4 Å². The predicted octanol–water partition coefficient (Wildman–Crippen LogP) is 1.53. The van der Waals surface area contributed by atoms with E-state index in [1.54, 1.807) is 10.9 Å². The van der Waals surface area contributed by atoms with E-state index >= 15 is 0 Å². The molecule has 1 aromatic carbocycles. The van der Waals surface area contributed by atoms with E-state index in [0.29, 0.717) is 12.2 Å². The Morgan fingerprint density at radius 1 is 1.25 bits per heavy atom. The van der Waals surface area contributed by atoms with Crippen LogP contribution in [0, 0.1) is 0 Å². The molecule has 1 amide bonds. The van der Waals surface area contributed by atoms with Gasteiger partial charge < -0.3 is 10.3 Å². The second-order valence-corrected chi connectivity index (χ2v) is 4.29. The average Bonchev–Trinajstić information content (AvgIpc) is 3.17. The number of aromatic nitrogens is 4. The summed E-state index contributed by atoms with van der Waals surface area (Å²) in [5, 5.41) is 10.6. The summed E-state index contributed by atoms with van der Waals surface area (Å²) in [4.78, 5) is 14.9. The van der Waals surface area contributed by atoms with Gasteiger partial charge in [0.25, 0.3) is 5.91 Å². The lowest BCUT2D eigenvalue weighted by atomic mass is 10.3. The van der Waals surface area contributed by atoms with Crippen molar-refractivity contribution in [3.8, 4) is 5.69 Å². The smallest absolute Gasteiger partial charge is 0.273 e. The Kier molecular flexibility index (Phi) is 3.28. The third kappa shape index (κ3) is 2.59. The van der Waals surface area contributed by atoms with Crippen LogP contribution < -0.4 is 5.32 Å². The molecule has 2 aromatic heterocycles. The van der Waals surface area contributed by atoms with E-state index in [1.165, 1.54) is 0 Å². The molecule has 0 aliphatic heterocycles. The minimum atomic E-state index is -0.242. The van der Waals surface area contributed by atoms with E-state index in [4.69, 9.17) is 0 Å². The van der Waals surface area contributed by atoms with Crippen LogP contribution in [-0.2, 0) is 6.54 Å². The summed E-state index contributed by atoms with van der Waals surface area (Å²) in [7, 11) is 0. The van der Waals surface area contributed by atoms with Gasteiger partial charge in [0.05, 0.1) is 11.9 Å². The summed E-state index contributed by atoms with van der Waals surface area (Å²) in [6.45, 7) is 0.459. The molecule has 6 nitrogen and oxygen atoms in total. The Hall–Kier alpha value is -2.89. The molecule has 0 fully saturated rings. The molecular weight excluding hydrogens is 254 g/mol. The Morgan fingerprint density at radius 3 is 2.85 bits per heavy atom. The lowest BCUT2D eigenvalue weighted by molar-refractivity contribution is 0.0946. The fraction of sp³-hybridized carbons (Fsp3) is 0.0714. The molecule has 0 bridgehead atoms. The van der Waals surface area contributed by atoms with E-state index in [1.807, 2.05) is 48.8 Å². The van der Waals surface area contributed by atoms with Gasteiger partial charge in [-0.3, -0.25) is 4.79 Å². The first-order valence-corrected chi connectivity index (χ1v) is 6.20. The van der Waals surface area contributed by atoms with Crippen molar-refractivity contribution >= 4 is 5.91 Å². The Morgan fingerprint density at radius 2 is 2.10 bits per heavy atom. The summed E-state index contributed by atoms with van der Waals surface area (Å²) < 4.78 is 1.57. The molecular formula is C14H13N5O. The summed E-state index contributed by atoms with van der Waals surface area (Å²) in [6.07, 6.45) is 5.26. The van der Waals surface area contributed by atoms with Gasteiger partial charge in [0, 0.05) is 18.9 Å². The highest BCUT2D eigenvalue weighted by Crippen LogP contribution is 2.05. The molecule has 0 saturated carbocycles. The van der Waals surface area contributed by atoms with Crippen LogP contribution in [0.4, 0.5) is 0 Å². The third-order valence-electron chi connectivity index (χ3n) is 2.86. The normalized spacial score (nSPS) is 10.4. The first-order chi connectivity index (χ1) is 9.83. The van der Waals surface area contributed by atoms with E-state index in [2.05, 4.69) is 20.6 Å². The van der Waals surface area contributed by atoms with Crippen molar-refractivity contribution in [2.75, 3.05) is 0 Å². The zero-order valence-corrected chi connectivity index (χ0v) is 10.7. The summed E-state index contributed by atoms with van der Waals surface area (Å²) in [5.41, 5.74) is 2.17. The fourth-order valence-electron chi connectivity index (χ4n) is 1.82. The number of hydrogen-bond donors (Lipinski definition) is 2. The van der Waals surface area contributed by atoms with Gasteiger partial charge in [-0.15, -0.1) is 5.10 Å². The third-order valence-corrected chi connectivity index (χ3v) is 2.86. The molecule has 6 heteroatoms. The lowest BCUT2D eigenvalue weighted by Crippen LogP contribution is -2.22. The quantitative estimate of drug-likeness (QED) is 0.752. The molecule has 0 radical (unpaired) electrons. The zero-order valence-electron chi connectivity index (χ0n) is 10.7. The van der Waals surface area contributed by atoms with Gasteiger partial charge in [-0.05, 0) is 23.8 Å². The molecule has 0 unspecified atom stereocenters. The Labute approximate surface area is 115 Å². The number of nitrogens with zero attached hydrogens (tertiary/aromatic N) is 3. The first-order valence-electron chi connectivity index (χ1n) is 6.20. The number of aromatic amines is 1. The zero-order chi connectivity index (χ0) is 13.8. The molecule has 0 aliphatic rings. The SMILES string of the molecule is O=C(NCc1cc[nH]c1)c1cn(-c2ccccc2)nn1. The lowest BCUT2D eigenvalue weighted by Gasteiger charge is -2.00. The highest BCUT2D eigenvalue weighted by molar-refractivity contribution is 5.91. The summed E-state index contributed by atoms with van der Waals surface area (Å²) in [5.74, 6) is -0.242. The number of rotatable bonds is 4. The van der Waals surface area contributed by atoms with Crippen LogP contribution in [0.3, 0.4) is 0 Å². The van der Waals surface area contributed by atoms with E-state index in [0.717, 1.165) is 11.3 Å². The average molecular weight is 267 g/mol. The van der Waals surface area contributed by atoms with Crippen molar-refractivity contribution in [2.45, 2.75) is 6.54 Å². The number of amides is 1. The highest BCUT2D eigenvalue weighted by Gasteiger charge is 2.11. The Bertz CT molecular complexity index is 687. The standard InChI is InChI=1S/C14H13N5O/c20-14(16-9-11-6-7-15-8-11)13-10-19(18-17-13)12-4-2-1-3-5-12/h1-8,10,15H,9H2,(H,16,20). The Balaban J connectivity index is 1.69. The van der Waals surface area contributed by atoms with Crippen molar-refractivity contribution in [2.24, 2.45) is 0 Å². The van der Waals surface area contributed by atoms with Crippen molar-refractivity contribution in [3.63, 3.8) is 0 Å². The second kappa shape index (κ2) is 5.40. The van der Waals surface area contributed by atoms with Crippen molar-refractivity contribution < 1.29 is 4.79 Å². The minimum Gasteiger partial charge on any atom is -0.367 e. The summed E-state index contributed by atoms with van der Waals surface area (Å²) >= 11 is 0. The fourth-order valence-corrected chi connectivity index (χ4v) is 1.82.